The molecule has 5 heteroatoms. The smallest absolute Gasteiger partial charge is 0.144 e. The third-order valence-electron chi connectivity index (χ3n) is 2.77. The molecule has 0 aromatic heterocycles. The summed E-state index contributed by atoms with van der Waals surface area (Å²) >= 11 is 3.39. The van der Waals surface area contributed by atoms with Crippen LogP contribution in [0.15, 0.2) is 34.8 Å². The van der Waals surface area contributed by atoms with Crippen LogP contribution < -0.4 is 15.2 Å². The monoisotopic (exact) mass is 325 g/mol. The second kappa shape index (κ2) is 5.48. The number of ether oxygens (including phenoxy) is 2. The van der Waals surface area contributed by atoms with Gasteiger partial charge in [-0.15, -0.1) is 0 Å². The molecular weight excluding hydrogens is 313 g/mol. The lowest BCUT2D eigenvalue weighted by molar-refractivity contribution is 0.390. The maximum atomic E-state index is 13.9. The normalized spacial score (nSPS) is 10.3. The summed E-state index contributed by atoms with van der Waals surface area (Å²) in [5, 5.41) is 0. The molecule has 0 unspecified atom stereocenters. The number of methoxy groups -OCH3 is 2. The van der Waals surface area contributed by atoms with Crippen molar-refractivity contribution in [2.45, 2.75) is 0 Å². The molecule has 3 nitrogen and oxygen atoms in total. The predicted octanol–water partition coefficient (Wildman–Crippen LogP) is 3.85. The zero-order chi connectivity index (χ0) is 14.0. The van der Waals surface area contributed by atoms with Crippen LogP contribution in [0.2, 0.25) is 0 Å². The van der Waals surface area contributed by atoms with E-state index < -0.39 is 0 Å². The van der Waals surface area contributed by atoms with Crippen molar-refractivity contribution in [2.24, 2.45) is 0 Å². The van der Waals surface area contributed by atoms with Gasteiger partial charge in [-0.1, -0.05) is 0 Å². The van der Waals surface area contributed by atoms with Crippen molar-refractivity contribution < 1.29 is 13.9 Å². The molecule has 2 aromatic rings. The third kappa shape index (κ3) is 2.51. The van der Waals surface area contributed by atoms with Crippen LogP contribution in [0.1, 0.15) is 0 Å². The van der Waals surface area contributed by atoms with E-state index in [0.717, 1.165) is 0 Å². The number of anilines is 1. The highest BCUT2D eigenvalue weighted by Crippen LogP contribution is 2.42. The van der Waals surface area contributed by atoms with Crippen LogP contribution in [0.4, 0.5) is 10.1 Å². The van der Waals surface area contributed by atoms with Crippen molar-refractivity contribution in [3.63, 3.8) is 0 Å². The average molecular weight is 326 g/mol. The Morgan fingerprint density at radius 2 is 1.79 bits per heavy atom. The van der Waals surface area contributed by atoms with Gasteiger partial charge in [0.2, 0.25) is 0 Å². The first-order chi connectivity index (χ1) is 9.08. The van der Waals surface area contributed by atoms with E-state index in [1.807, 2.05) is 0 Å². The summed E-state index contributed by atoms with van der Waals surface area (Å²) in [4.78, 5) is 0. The van der Waals surface area contributed by atoms with Gasteiger partial charge in [-0.3, -0.25) is 0 Å². The van der Waals surface area contributed by atoms with E-state index in [0.29, 0.717) is 32.8 Å². The highest BCUT2D eigenvalue weighted by Gasteiger charge is 2.16. The zero-order valence-electron chi connectivity index (χ0n) is 10.5. The second-order valence-electron chi connectivity index (χ2n) is 3.90. The molecular formula is C14H13BrFNO2. The maximum Gasteiger partial charge on any atom is 0.144 e. The van der Waals surface area contributed by atoms with Gasteiger partial charge in [-0.25, -0.2) is 4.39 Å². The number of hydrogen-bond donors (Lipinski definition) is 1. The molecule has 0 saturated heterocycles. The van der Waals surface area contributed by atoms with Crippen molar-refractivity contribution in [1.29, 1.82) is 0 Å². The quantitative estimate of drug-likeness (QED) is 0.871. The summed E-state index contributed by atoms with van der Waals surface area (Å²) in [7, 11) is 3.08. The Hall–Kier alpha value is -1.75. The van der Waals surface area contributed by atoms with Gasteiger partial charge in [0, 0.05) is 16.8 Å². The minimum Gasteiger partial charge on any atom is -0.495 e. The molecule has 0 aliphatic heterocycles. The summed E-state index contributed by atoms with van der Waals surface area (Å²) in [6.07, 6.45) is 0. The van der Waals surface area contributed by atoms with Crippen LogP contribution >= 0.6 is 15.9 Å². The Labute approximate surface area is 119 Å². The molecule has 0 heterocycles. The molecule has 0 bridgehead atoms. The summed E-state index contributed by atoms with van der Waals surface area (Å²) in [6.45, 7) is 0. The number of rotatable bonds is 3. The van der Waals surface area contributed by atoms with Gasteiger partial charge in [0.1, 0.15) is 21.8 Å². The van der Waals surface area contributed by atoms with Gasteiger partial charge < -0.3 is 15.2 Å². The average Bonchev–Trinajstić information content (AvgIpc) is 2.41. The minimum absolute atomic E-state index is 0.357. The lowest BCUT2D eigenvalue weighted by Gasteiger charge is -2.14. The lowest BCUT2D eigenvalue weighted by Crippen LogP contribution is -1.95. The largest absolute Gasteiger partial charge is 0.495 e. The number of nitrogens with two attached hydrogens (primary N) is 1. The van der Waals surface area contributed by atoms with Crippen molar-refractivity contribution in [1.82, 2.24) is 0 Å². The van der Waals surface area contributed by atoms with Crippen molar-refractivity contribution >= 4 is 21.6 Å². The fourth-order valence-electron chi connectivity index (χ4n) is 1.86. The SMILES string of the molecule is COc1ccc(-c2cc(N)ccc2F)c(OC)c1Br. The Morgan fingerprint density at radius 1 is 1.05 bits per heavy atom. The Morgan fingerprint density at radius 3 is 2.42 bits per heavy atom. The molecule has 0 saturated carbocycles. The molecule has 2 aromatic carbocycles. The van der Waals surface area contributed by atoms with Crippen LogP contribution in [0.5, 0.6) is 11.5 Å². The van der Waals surface area contributed by atoms with Gasteiger partial charge in [0.25, 0.3) is 0 Å². The first kappa shape index (κ1) is 13.7. The first-order valence-electron chi connectivity index (χ1n) is 5.54. The van der Waals surface area contributed by atoms with Crippen molar-refractivity contribution in [3.05, 3.63) is 40.6 Å². The topological polar surface area (TPSA) is 44.5 Å². The molecule has 100 valence electrons. The van der Waals surface area contributed by atoms with Gasteiger partial charge in [0.15, 0.2) is 0 Å². The summed E-state index contributed by atoms with van der Waals surface area (Å²) < 4.78 is 25.1. The Balaban J connectivity index is 2.68. The highest BCUT2D eigenvalue weighted by molar-refractivity contribution is 9.10. The minimum atomic E-state index is -0.357. The fourth-order valence-corrected chi connectivity index (χ4v) is 2.53. The lowest BCUT2D eigenvalue weighted by atomic mass is 10.0. The van der Waals surface area contributed by atoms with Crippen LogP contribution in [0.25, 0.3) is 11.1 Å². The third-order valence-corrected chi connectivity index (χ3v) is 3.52. The second-order valence-corrected chi connectivity index (χ2v) is 4.69. The Kier molecular flexibility index (Phi) is 3.95. The van der Waals surface area contributed by atoms with Crippen molar-refractivity contribution in [2.75, 3.05) is 20.0 Å². The number of halogens is 2. The van der Waals surface area contributed by atoms with E-state index in [1.165, 1.54) is 19.2 Å². The number of nitrogen functional groups attached to an aromatic ring is 1. The van der Waals surface area contributed by atoms with E-state index in [2.05, 4.69) is 15.9 Å². The molecule has 19 heavy (non-hydrogen) atoms. The molecule has 2 N–H and O–H groups in total. The maximum absolute atomic E-state index is 13.9. The molecule has 0 spiro atoms. The number of hydrogen-bond acceptors (Lipinski definition) is 3. The van der Waals surface area contributed by atoms with E-state index in [9.17, 15) is 4.39 Å². The summed E-state index contributed by atoms with van der Waals surface area (Å²) in [5.41, 5.74) is 7.20. The van der Waals surface area contributed by atoms with Gasteiger partial charge in [-0.05, 0) is 46.3 Å². The van der Waals surface area contributed by atoms with E-state index in [1.54, 1.807) is 25.3 Å². The molecule has 0 amide bonds. The summed E-state index contributed by atoms with van der Waals surface area (Å²) in [6, 6.07) is 7.91. The molecule has 0 aliphatic carbocycles. The van der Waals surface area contributed by atoms with Crippen LogP contribution in [-0.4, -0.2) is 14.2 Å². The van der Waals surface area contributed by atoms with E-state index in [4.69, 9.17) is 15.2 Å². The van der Waals surface area contributed by atoms with Crippen LogP contribution in [0.3, 0.4) is 0 Å². The Bertz CT molecular complexity index is 617. The molecule has 0 aliphatic rings. The molecule has 0 fully saturated rings. The number of benzene rings is 2. The fraction of sp³-hybridized carbons (Fsp3) is 0.143. The van der Waals surface area contributed by atoms with Gasteiger partial charge in [-0.2, -0.15) is 0 Å². The van der Waals surface area contributed by atoms with Gasteiger partial charge in [0.05, 0.1) is 14.2 Å². The predicted molar refractivity (Wildman–Crippen MR) is 77.1 cm³/mol. The van der Waals surface area contributed by atoms with Gasteiger partial charge >= 0.3 is 0 Å². The molecule has 0 atom stereocenters. The molecule has 0 radical (unpaired) electrons. The van der Waals surface area contributed by atoms with E-state index in [-0.39, 0.29) is 5.82 Å². The zero-order valence-corrected chi connectivity index (χ0v) is 12.1. The van der Waals surface area contributed by atoms with Crippen molar-refractivity contribution in [3.8, 4) is 22.6 Å². The van der Waals surface area contributed by atoms with Crippen LogP contribution in [-0.2, 0) is 0 Å². The highest BCUT2D eigenvalue weighted by atomic mass is 79.9. The van der Waals surface area contributed by atoms with E-state index >= 15 is 0 Å². The molecule has 2 rings (SSSR count). The standard InChI is InChI=1S/C14H13BrFNO2/c1-18-12-6-4-9(14(19-2)13(12)15)10-7-8(17)3-5-11(10)16/h3-7H,17H2,1-2H3. The summed E-state index contributed by atoms with van der Waals surface area (Å²) in [5.74, 6) is 0.762. The first-order valence-corrected chi connectivity index (χ1v) is 6.33. The van der Waals surface area contributed by atoms with Crippen LogP contribution in [0, 0.1) is 5.82 Å².